The van der Waals surface area contributed by atoms with Crippen LogP contribution >= 0.6 is 7.75 Å². The third kappa shape index (κ3) is 5.69. The highest BCUT2D eigenvalue weighted by atomic mass is 31.2. The number of rotatable bonds is 10. The summed E-state index contributed by atoms with van der Waals surface area (Å²) in [6.07, 6.45) is -1.66. The van der Waals surface area contributed by atoms with Crippen LogP contribution in [0.2, 0.25) is 0 Å². The van der Waals surface area contributed by atoms with Gasteiger partial charge in [0.05, 0.1) is 12.3 Å². The van der Waals surface area contributed by atoms with E-state index in [1.807, 2.05) is 26.0 Å². The molecule has 4 heterocycles. The number of nitriles is 1. The molecule has 3 N–H and O–H groups in total. The highest BCUT2D eigenvalue weighted by molar-refractivity contribution is 7.52. The SMILES string of the molecule is CC(C)COC(=O)[C@H](C)NP(=O)(Oc1ccc(C(C)(C)C)cc1)OC1[C@H]2O[C@@](C#N)(c3ccc4c(N)ncnn34)[C@@H]3OC(C)(C)O[C@]123. The van der Waals surface area contributed by atoms with Crippen molar-refractivity contribution in [2.24, 2.45) is 5.92 Å². The molecule has 6 rings (SSSR count). The summed E-state index contributed by atoms with van der Waals surface area (Å²) in [5.41, 5.74) is 4.79. The molecule has 15 heteroatoms. The molecule has 1 aliphatic carbocycles. The minimum atomic E-state index is -4.35. The van der Waals surface area contributed by atoms with Crippen molar-refractivity contribution in [2.45, 2.75) is 102 Å². The molecular formula is C32H41N6O8P. The lowest BCUT2D eigenvalue weighted by Gasteiger charge is -2.31. The number of fused-ring (bicyclic) bond motifs is 1. The summed E-state index contributed by atoms with van der Waals surface area (Å²) >= 11 is 0. The largest absolute Gasteiger partial charge is 0.464 e. The second-order valence-electron chi connectivity index (χ2n) is 14.2. The van der Waals surface area contributed by atoms with Gasteiger partial charge in [-0.2, -0.15) is 15.4 Å². The first kappa shape index (κ1) is 33.3. The number of nitrogen functional groups attached to an aromatic ring is 1. The number of nitrogens with one attached hydrogen (secondary N) is 1. The average Bonchev–Trinajstić information content (AvgIpc) is 3.32. The number of carbonyl (C=O) groups is 1. The van der Waals surface area contributed by atoms with Gasteiger partial charge in [0.2, 0.25) is 5.60 Å². The summed E-state index contributed by atoms with van der Waals surface area (Å²) < 4.78 is 52.9. The zero-order valence-corrected chi connectivity index (χ0v) is 28.6. The number of esters is 1. The Labute approximate surface area is 273 Å². The van der Waals surface area contributed by atoms with Gasteiger partial charge in [-0.1, -0.05) is 46.8 Å². The molecule has 252 valence electrons. The molecule has 3 fully saturated rings. The fraction of sp³-hybridized carbons (Fsp3) is 0.562. The number of nitrogens with two attached hydrogens (primary N) is 1. The number of nitrogens with zero attached hydrogens (tertiary/aromatic N) is 4. The van der Waals surface area contributed by atoms with Gasteiger partial charge in [-0.05, 0) is 61.9 Å². The molecule has 1 spiro atoms. The van der Waals surface area contributed by atoms with E-state index in [0.717, 1.165) is 5.56 Å². The second-order valence-corrected chi connectivity index (χ2v) is 15.8. The zero-order valence-electron chi connectivity index (χ0n) is 27.7. The van der Waals surface area contributed by atoms with Crippen molar-refractivity contribution >= 4 is 25.1 Å². The third-order valence-electron chi connectivity index (χ3n) is 8.46. The Hall–Kier alpha value is -3.57. The molecule has 0 bridgehead atoms. The summed E-state index contributed by atoms with van der Waals surface area (Å²) in [4.78, 5) is 16.9. The van der Waals surface area contributed by atoms with Crippen molar-refractivity contribution in [1.82, 2.24) is 19.7 Å². The lowest BCUT2D eigenvalue weighted by molar-refractivity contribution is -0.188. The maximum Gasteiger partial charge on any atom is 0.459 e. The Morgan fingerprint density at radius 2 is 1.87 bits per heavy atom. The summed E-state index contributed by atoms with van der Waals surface area (Å²) in [6.45, 7) is 15.2. The molecule has 0 amide bonds. The predicted octanol–water partition coefficient (Wildman–Crippen LogP) is 4.38. The molecule has 7 atom stereocenters. The van der Waals surface area contributed by atoms with Crippen molar-refractivity contribution in [1.29, 1.82) is 5.26 Å². The minimum absolute atomic E-state index is 0.106. The van der Waals surface area contributed by atoms with Crippen molar-refractivity contribution in [3.63, 3.8) is 0 Å². The standard InChI is InChI=1S/C32H41N6O8P/c1-18(2)15-41-27(39)19(3)37-47(40,44-21-11-9-20(10-12-21)29(4,5)6)45-25-24-32(25)28(43-30(7,8)46-32)31(16-33,42-24)23-14-13-22-26(34)35-17-36-38(22)23/h9-14,17-19,24-25,28H,15H2,1-8H3,(H,37,40)(H2,34,35,36)/t19-,24+,25?,28-,31-,32-,47?/m0/s1. The van der Waals surface area contributed by atoms with Crippen LogP contribution in [-0.4, -0.2) is 62.9 Å². The van der Waals surface area contributed by atoms with Crippen LogP contribution in [-0.2, 0) is 43.8 Å². The van der Waals surface area contributed by atoms with Gasteiger partial charge in [-0.25, -0.2) is 14.1 Å². The van der Waals surface area contributed by atoms with E-state index in [-0.39, 0.29) is 29.5 Å². The Morgan fingerprint density at radius 3 is 2.51 bits per heavy atom. The molecular weight excluding hydrogens is 627 g/mol. The summed E-state index contributed by atoms with van der Waals surface area (Å²) in [7, 11) is -4.35. The molecule has 1 saturated carbocycles. The van der Waals surface area contributed by atoms with E-state index in [2.05, 4.69) is 42.0 Å². The van der Waals surface area contributed by atoms with Gasteiger partial charge in [0, 0.05) is 0 Å². The van der Waals surface area contributed by atoms with E-state index in [0.29, 0.717) is 11.2 Å². The van der Waals surface area contributed by atoms with Crippen LogP contribution in [0.4, 0.5) is 5.82 Å². The lowest BCUT2D eigenvalue weighted by Crippen LogP contribution is -2.46. The van der Waals surface area contributed by atoms with Gasteiger partial charge in [0.25, 0.3) is 0 Å². The number of benzene rings is 1. The maximum atomic E-state index is 14.6. The molecule has 3 aromatic rings. The summed E-state index contributed by atoms with van der Waals surface area (Å²) in [5, 5.41) is 17.7. The Kier molecular flexibility index (Phi) is 7.99. The number of anilines is 1. The molecule has 2 unspecified atom stereocenters. The molecule has 2 saturated heterocycles. The lowest BCUT2D eigenvalue weighted by atomic mass is 9.87. The van der Waals surface area contributed by atoms with E-state index in [4.69, 9.17) is 33.7 Å². The monoisotopic (exact) mass is 668 g/mol. The fourth-order valence-electron chi connectivity index (χ4n) is 6.19. The van der Waals surface area contributed by atoms with Gasteiger partial charge in [-0.15, -0.1) is 0 Å². The number of hydrogen-bond donors (Lipinski definition) is 2. The van der Waals surface area contributed by atoms with E-state index >= 15 is 0 Å². The third-order valence-corrected chi connectivity index (χ3v) is 10.1. The van der Waals surface area contributed by atoms with E-state index < -0.39 is 55.1 Å². The maximum absolute atomic E-state index is 14.6. The first-order chi connectivity index (χ1) is 21.9. The average molecular weight is 669 g/mol. The van der Waals surface area contributed by atoms with Crippen molar-refractivity contribution < 1.29 is 37.4 Å². The predicted molar refractivity (Wildman–Crippen MR) is 169 cm³/mol. The van der Waals surface area contributed by atoms with E-state index in [1.54, 1.807) is 38.1 Å². The zero-order chi connectivity index (χ0) is 34.2. The first-order valence-electron chi connectivity index (χ1n) is 15.5. The second kappa shape index (κ2) is 11.3. The van der Waals surface area contributed by atoms with Crippen LogP contribution in [0.3, 0.4) is 0 Å². The van der Waals surface area contributed by atoms with Crippen LogP contribution in [0.25, 0.3) is 5.52 Å². The minimum Gasteiger partial charge on any atom is -0.464 e. The van der Waals surface area contributed by atoms with Gasteiger partial charge < -0.3 is 29.2 Å². The Morgan fingerprint density at radius 1 is 1.17 bits per heavy atom. The molecule has 14 nitrogen and oxygen atoms in total. The van der Waals surface area contributed by atoms with Crippen LogP contribution in [0.1, 0.15) is 66.6 Å². The van der Waals surface area contributed by atoms with Crippen LogP contribution in [0.5, 0.6) is 5.75 Å². The van der Waals surface area contributed by atoms with Gasteiger partial charge in [0.15, 0.2) is 17.2 Å². The molecule has 0 radical (unpaired) electrons. The van der Waals surface area contributed by atoms with Gasteiger partial charge in [-0.3, -0.25) is 9.32 Å². The fourth-order valence-corrected chi connectivity index (χ4v) is 7.90. The smallest absolute Gasteiger partial charge is 0.459 e. The quantitative estimate of drug-likeness (QED) is 0.230. The van der Waals surface area contributed by atoms with Crippen molar-refractivity contribution in [3.8, 4) is 11.8 Å². The molecule has 3 aliphatic rings. The number of hydrogen-bond acceptors (Lipinski definition) is 12. The first-order valence-corrected chi connectivity index (χ1v) is 17.1. The number of ether oxygens (including phenoxy) is 4. The molecule has 47 heavy (non-hydrogen) atoms. The molecule has 1 aromatic carbocycles. The normalized spacial score (nSPS) is 29.5. The van der Waals surface area contributed by atoms with Crippen LogP contribution in [0.15, 0.2) is 42.7 Å². The summed E-state index contributed by atoms with van der Waals surface area (Å²) in [6, 6.07) is 11.7. The van der Waals surface area contributed by atoms with Crippen LogP contribution < -0.4 is 15.3 Å². The van der Waals surface area contributed by atoms with Crippen molar-refractivity contribution in [2.75, 3.05) is 12.3 Å². The van der Waals surface area contributed by atoms with Crippen LogP contribution in [0, 0.1) is 17.2 Å². The highest BCUT2D eigenvalue weighted by Crippen LogP contribution is 2.69. The molecule has 2 aliphatic heterocycles. The van der Waals surface area contributed by atoms with E-state index in [9.17, 15) is 14.6 Å². The van der Waals surface area contributed by atoms with E-state index in [1.165, 1.54) is 17.8 Å². The Balaban J connectivity index is 1.32. The summed E-state index contributed by atoms with van der Waals surface area (Å²) in [5.74, 6) is -1.20. The number of carbonyl (C=O) groups excluding carboxylic acids is 1. The topological polar surface area (TPSA) is 182 Å². The van der Waals surface area contributed by atoms with Crippen molar-refractivity contribution in [3.05, 3.63) is 54.0 Å². The van der Waals surface area contributed by atoms with Gasteiger partial charge >= 0.3 is 13.7 Å². The Bertz CT molecular complexity index is 1780. The number of aromatic nitrogens is 3. The molecule has 2 aromatic heterocycles. The van der Waals surface area contributed by atoms with Gasteiger partial charge in [0.1, 0.15) is 48.0 Å². The highest BCUT2D eigenvalue weighted by Gasteiger charge is 2.89.